The highest BCUT2D eigenvalue weighted by Crippen LogP contribution is 2.34. The molecule has 0 aromatic heterocycles. The zero-order valence-electron chi connectivity index (χ0n) is 17.4. The fourth-order valence-corrected chi connectivity index (χ4v) is 4.67. The maximum atomic E-state index is 13.3. The number of halogens is 2. The van der Waals surface area contributed by atoms with E-state index >= 15 is 0 Å². The van der Waals surface area contributed by atoms with Crippen molar-refractivity contribution in [1.29, 1.82) is 5.26 Å². The highest BCUT2D eigenvalue weighted by Gasteiger charge is 2.32. The van der Waals surface area contributed by atoms with E-state index in [1.807, 2.05) is 32.0 Å². The van der Waals surface area contributed by atoms with Crippen LogP contribution in [0.2, 0.25) is 0 Å². The zero-order valence-corrected chi connectivity index (χ0v) is 20.6. The van der Waals surface area contributed by atoms with Gasteiger partial charge in [0.05, 0.1) is 23.0 Å². The molecule has 0 spiro atoms. The number of benzene rings is 2. The van der Waals surface area contributed by atoms with Crippen LogP contribution in [0.5, 0.6) is 0 Å². The average Bonchev–Trinajstić information content (AvgIpc) is 2.61. The summed E-state index contributed by atoms with van der Waals surface area (Å²) in [5, 5.41) is 9.73. The van der Waals surface area contributed by atoms with E-state index in [0.717, 1.165) is 16.5 Å². The summed E-state index contributed by atoms with van der Waals surface area (Å²) in [5.41, 5.74) is 2.28. The fourth-order valence-electron chi connectivity index (χ4n) is 3.44. The average molecular weight is 522 g/mol. The molecule has 2 aromatic carbocycles. The minimum Gasteiger partial charge on any atom is -0.443 e. The highest BCUT2D eigenvalue weighted by molar-refractivity contribution is 9.10. The number of carbonyl (C=O) groups excluding carboxylic acids is 1. The lowest BCUT2D eigenvalue weighted by molar-refractivity contribution is 0.0154. The molecule has 1 amide bonds. The molecule has 29 heavy (non-hydrogen) atoms. The smallest absolute Gasteiger partial charge is 0.419 e. The fraction of sp³-hybridized carbons (Fsp3) is 0.391. The number of hydrogen-bond donors (Lipinski definition) is 0. The summed E-state index contributed by atoms with van der Waals surface area (Å²) in [6.07, 6.45) is 0.270. The molecule has 0 unspecified atom stereocenters. The van der Waals surface area contributed by atoms with Crippen LogP contribution in [-0.2, 0) is 10.1 Å². The van der Waals surface area contributed by atoms with Gasteiger partial charge >= 0.3 is 6.09 Å². The van der Waals surface area contributed by atoms with E-state index in [9.17, 15) is 4.79 Å². The van der Waals surface area contributed by atoms with Gasteiger partial charge in [0.15, 0.2) is 0 Å². The van der Waals surface area contributed by atoms with Crippen LogP contribution >= 0.6 is 31.9 Å². The number of rotatable bonds is 5. The van der Waals surface area contributed by atoms with E-state index in [0.29, 0.717) is 22.3 Å². The van der Waals surface area contributed by atoms with Gasteiger partial charge in [-0.25, -0.2) is 9.69 Å². The molecule has 154 valence electrons. The molecule has 0 saturated heterocycles. The second-order valence-corrected chi connectivity index (χ2v) is 10.2. The first-order valence-corrected chi connectivity index (χ1v) is 11.2. The van der Waals surface area contributed by atoms with E-state index in [-0.39, 0.29) is 5.41 Å². The molecule has 0 atom stereocenters. The predicted octanol–water partition coefficient (Wildman–Crippen LogP) is 7.71. The van der Waals surface area contributed by atoms with Crippen molar-refractivity contribution in [3.05, 3.63) is 58.1 Å². The van der Waals surface area contributed by atoms with E-state index in [4.69, 9.17) is 10.00 Å². The third-order valence-electron chi connectivity index (χ3n) is 4.19. The van der Waals surface area contributed by atoms with Crippen molar-refractivity contribution >= 4 is 49.3 Å². The molecule has 0 N–H and O–H groups in total. The molecular weight excluding hydrogens is 496 g/mol. The molecule has 0 radical (unpaired) electrons. The summed E-state index contributed by atoms with van der Waals surface area (Å²) in [4.78, 5) is 14.8. The number of alkyl halides is 1. The second kappa shape index (κ2) is 9.32. The van der Waals surface area contributed by atoms with Gasteiger partial charge in [-0.2, -0.15) is 5.26 Å². The van der Waals surface area contributed by atoms with Crippen molar-refractivity contribution in [2.24, 2.45) is 5.41 Å². The van der Waals surface area contributed by atoms with Gasteiger partial charge in [-0.15, -0.1) is 0 Å². The number of ether oxygens (including phenoxy) is 1. The van der Waals surface area contributed by atoms with Gasteiger partial charge < -0.3 is 4.74 Å². The van der Waals surface area contributed by atoms with Crippen molar-refractivity contribution in [3.63, 3.8) is 0 Å². The lowest BCUT2D eigenvalue weighted by atomic mass is 9.84. The Morgan fingerprint density at radius 1 is 1.07 bits per heavy atom. The maximum Gasteiger partial charge on any atom is 0.419 e. The van der Waals surface area contributed by atoms with Crippen LogP contribution in [0.3, 0.4) is 0 Å². The summed E-state index contributed by atoms with van der Waals surface area (Å²) >= 11 is 7.02. The Morgan fingerprint density at radius 2 is 1.66 bits per heavy atom. The first-order chi connectivity index (χ1) is 13.5. The van der Waals surface area contributed by atoms with E-state index < -0.39 is 11.7 Å². The number of nitrogens with zero attached hydrogens (tertiary/aromatic N) is 2. The molecular formula is C23H26Br2N2O2. The molecule has 4 nitrogen and oxygen atoms in total. The number of hydrogen-bond acceptors (Lipinski definition) is 3. The first kappa shape index (κ1) is 23.4. The summed E-state index contributed by atoms with van der Waals surface area (Å²) in [5.74, 6) is 0. The van der Waals surface area contributed by atoms with Gasteiger partial charge in [0, 0.05) is 9.80 Å². The Hall–Kier alpha value is -1.84. The Kier molecular flexibility index (Phi) is 7.53. The quantitative estimate of drug-likeness (QED) is 0.378. The maximum absolute atomic E-state index is 13.3. The Balaban J connectivity index is 2.46. The Labute approximate surface area is 190 Å². The Bertz CT molecular complexity index is 910. The van der Waals surface area contributed by atoms with Gasteiger partial charge in [0.2, 0.25) is 0 Å². The van der Waals surface area contributed by atoms with Crippen LogP contribution in [-0.4, -0.2) is 11.7 Å². The monoisotopic (exact) mass is 520 g/mol. The van der Waals surface area contributed by atoms with Gasteiger partial charge in [-0.3, -0.25) is 0 Å². The predicted molar refractivity (Wildman–Crippen MR) is 125 cm³/mol. The molecule has 2 rings (SSSR count). The molecule has 6 heteroatoms. The van der Waals surface area contributed by atoms with E-state index in [2.05, 4.69) is 58.7 Å². The molecule has 0 aliphatic rings. The minimum absolute atomic E-state index is 0.0177. The number of nitriles is 1. The molecule has 0 fully saturated rings. The second-order valence-electron chi connectivity index (χ2n) is 8.77. The largest absolute Gasteiger partial charge is 0.443 e. The summed E-state index contributed by atoms with van der Waals surface area (Å²) < 4.78 is 6.90. The van der Waals surface area contributed by atoms with E-state index in [1.165, 1.54) is 0 Å². The number of carbonyl (C=O) groups is 1. The standard InChI is InChI=1S/C23H26Br2N2O2/c1-22(2,3)15-23(4,5)29-21(28)27(18-8-6-16(14-26)7-9-18)19-10-11-20(25)17(12-19)13-24/h6-12H,13,15H2,1-5H3. The van der Waals surface area contributed by atoms with Crippen molar-refractivity contribution in [1.82, 2.24) is 0 Å². The summed E-state index contributed by atoms with van der Waals surface area (Å²) in [6.45, 7) is 10.2. The molecule has 0 saturated carbocycles. The molecule has 0 aliphatic carbocycles. The van der Waals surface area contributed by atoms with Crippen molar-refractivity contribution in [3.8, 4) is 6.07 Å². The molecule has 0 heterocycles. The Morgan fingerprint density at radius 3 is 2.17 bits per heavy atom. The van der Waals surface area contributed by atoms with Gasteiger partial charge in [-0.05, 0) is 73.7 Å². The molecule has 0 aliphatic heterocycles. The molecule has 0 bridgehead atoms. The SMILES string of the molecule is CC(C)(C)CC(C)(C)OC(=O)N(c1ccc(C#N)cc1)c1ccc(Br)c(CBr)c1. The van der Waals surface area contributed by atoms with Crippen LogP contribution in [0.15, 0.2) is 46.9 Å². The number of amides is 1. The topological polar surface area (TPSA) is 53.3 Å². The zero-order chi connectivity index (χ0) is 21.8. The minimum atomic E-state index is -0.631. The molecule has 2 aromatic rings. The van der Waals surface area contributed by atoms with Crippen LogP contribution in [0.1, 0.15) is 52.2 Å². The third-order valence-corrected chi connectivity index (χ3v) is 5.57. The van der Waals surface area contributed by atoms with Crippen molar-refractivity contribution in [2.75, 3.05) is 4.90 Å². The van der Waals surface area contributed by atoms with Gasteiger partial charge in [-0.1, -0.05) is 52.6 Å². The van der Waals surface area contributed by atoms with Crippen LogP contribution in [0, 0.1) is 16.7 Å². The summed E-state index contributed by atoms with van der Waals surface area (Å²) in [7, 11) is 0. The van der Waals surface area contributed by atoms with Crippen LogP contribution in [0.25, 0.3) is 0 Å². The lowest BCUT2D eigenvalue weighted by Gasteiger charge is -2.34. The van der Waals surface area contributed by atoms with Crippen molar-refractivity contribution in [2.45, 2.75) is 52.0 Å². The van der Waals surface area contributed by atoms with Gasteiger partial charge in [0.25, 0.3) is 0 Å². The normalized spacial score (nSPS) is 11.7. The number of anilines is 2. The highest BCUT2D eigenvalue weighted by atomic mass is 79.9. The third kappa shape index (κ3) is 6.58. The lowest BCUT2D eigenvalue weighted by Crippen LogP contribution is -2.38. The van der Waals surface area contributed by atoms with Gasteiger partial charge in [0.1, 0.15) is 5.60 Å². The van der Waals surface area contributed by atoms with E-state index in [1.54, 1.807) is 29.2 Å². The van der Waals surface area contributed by atoms with Crippen molar-refractivity contribution < 1.29 is 9.53 Å². The first-order valence-electron chi connectivity index (χ1n) is 9.33. The summed E-state index contributed by atoms with van der Waals surface area (Å²) in [6, 6.07) is 14.7. The van der Waals surface area contributed by atoms with Crippen LogP contribution < -0.4 is 4.90 Å². The van der Waals surface area contributed by atoms with Crippen LogP contribution in [0.4, 0.5) is 16.2 Å².